The Kier molecular flexibility index (Phi) is 6.43. The van der Waals surface area contributed by atoms with Gasteiger partial charge in [0.05, 0.1) is 11.4 Å². The monoisotopic (exact) mass is 429 g/mol. The number of aryl methyl sites for hydroxylation is 2. The Balaban J connectivity index is 1.59. The molecule has 31 heavy (non-hydrogen) atoms. The van der Waals surface area contributed by atoms with Crippen LogP contribution in [0.15, 0.2) is 78.2 Å². The first-order valence-electron chi connectivity index (χ1n) is 10.1. The van der Waals surface area contributed by atoms with Crippen LogP contribution in [-0.2, 0) is 11.2 Å². The summed E-state index contributed by atoms with van der Waals surface area (Å²) in [6.07, 6.45) is 4.42. The maximum Gasteiger partial charge on any atom is 0.234 e. The number of carbonyl (C=O) groups excluding carboxylic acids is 1. The quantitative estimate of drug-likeness (QED) is 0.422. The average Bonchev–Trinajstić information content (AvgIpc) is 3.22. The van der Waals surface area contributed by atoms with Gasteiger partial charge in [-0.15, -0.1) is 10.2 Å². The summed E-state index contributed by atoms with van der Waals surface area (Å²) in [6.45, 7) is 4.14. The highest BCUT2D eigenvalue weighted by molar-refractivity contribution is 7.99. The molecule has 0 unspecified atom stereocenters. The Hall–Kier alpha value is -3.45. The van der Waals surface area contributed by atoms with Gasteiger partial charge in [0.15, 0.2) is 11.0 Å². The maximum atomic E-state index is 12.6. The molecule has 0 saturated carbocycles. The molecule has 7 heteroatoms. The van der Waals surface area contributed by atoms with Crippen molar-refractivity contribution in [2.75, 3.05) is 11.1 Å². The van der Waals surface area contributed by atoms with E-state index in [1.165, 1.54) is 17.3 Å². The van der Waals surface area contributed by atoms with E-state index in [-0.39, 0.29) is 11.7 Å². The number of aromatic nitrogens is 4. The molecule has 0 aliphatic heterocycles. The first-order valence-corrected chi connectivity index (χ1v) is 11.1. The van der Waals surface area contributed by atoms with E-state index in [4.69, 9.17) is 0 Å². The molecule has 0 bridgehead atoms. The largest absolute Gasteiger partial charge is 0.325 e. The van der Waals surface area contributed by atoms with Crippen LogP contribution in [0.4, 0.5) is 5.69 Å². The first-order chi connectivity index (χ1) is 15.2. The SMILES string of the molecule is CCc1cccc(NC(=O)CSc2nnc(-c3cccnc3)n2-c2ccccc2C)c1. The third kappa shape index (κ3) is 4.83. The van der Waals surface area contributed by atoms with E-state index in [1.54, 1.807) is 12.4 Å². The first kappa shape index (κ1) is 20.8. The summed E-state index contributed by atoms with van der Waals surface area (Å²) in [7, 11) is 0. The zero-order valence-electron chi connectivity index (χ0n) is 17.4. The second kappa shape index (κ2) is 9.57. The minimum absolute atomic E-state index is 0.0829. The van der Waals surface area contributed by atoms with Crippen LogP contribution in [-0.4, -0.2) is 31.4 Å². The molecule has 2 aromatic heterocycles. The molecule has 0 saturated heterocycles. The van der Waals surface area contributed by atoms with Crippen LogP contribution < -0.4 is 5.32 Å². The summed E-state index contributed by atoms with van der Waals surface area (Å²) in [5, 5.41) is 12.4. The van der Waals surface area contributed by atoms with Gasteiger partial charge in [0.1, 0.15) is 0 Å². The molecule has 0 aliphatic rings. The maximum absolute atomic E-state index is 12.6. The van der Waals surface area contributed by atoms with Gasteiger partial charge >= 0.3 is 0 Å². The molecule has 4 rings (SSSR count). The van der Waals surface area contributed by atoms with Crippen molar-refractivity contribution in [2.24, 2.45) is 0 Å². The van der Waals surface area contributed by atoms with Crippen molar-refractivity contribution in [3.8, 4) is 17.1 Å². The number of benzene rings is 2. The van der Waals surface area contributed by atoms with Crippen LogP contribution in [0, 0.1) is 6.92 Å². The number of hydrogen-bond donors (Lipinski definition) is 1. The lowest BCUT2D eigenvalue weighted by Crippen LogP contribution is -2.14. The average molecular weight is 430 g/mol. The van der Waals surface area contributed by atoms with E-state index >= 15 is 0 Å². The van der Waals surface area contributed by atoms with Gasteiger partial charge in [-0.3, -0.25) is 14.3 Å². The lowest BCUT2D eigenvalue weighted by Gasteiger charge is -2.13. The van der Waals surface area contributed by atoms with Gasteiger partial charge in [-0.25, -0.2) is 0 Å². The molecular formula is C24H23N5OS. The normalized spacial score (nSPS) is 10.8. The Morgan fingerprint density at radius 2 is 1.94 bits per heavy atom. The van der Waals surface area contributed by atoms with Crippen molar-refractivity contribution in [1.29, 1.82) is 0 Å². The summed E-state index contributed by atoms with van der Waals surface area (Å²) in [4.78, 5) is 16.8. The van der Waals surface area contributed by atoms with Gasteiger partial charge in [0.25, 0.3) is 0 Å². The third-order valence-corrected chi connectivity index (χ3v) is 5.79. The van der Waals surface area contributed by atoms with E-state index in [9.17, 15) is 4.79 Å². The van der Waals surface area contributed by atoms with Crippen LogP contribution in [0.5, 0.6) is 0 Å². The van der Waals surface area contributed by atoms with Gasteiger partial charge < -0.3 is 5.32 Å². The van der Waals surface area contributed by atoms with Gasteiger partial charge in [-0.2, -0.15) is 0 Å². The lowest BCUT2D eigenvalue weighted by atomic mass is 10.1. The fourth-order valence-electron chi connectivity index (χ4n) is 3.27. The Morgan fingerprint density at radius 1 is 1.06 bits per heavy atom. The summed E-state index contributed by atoms with van der Waals surface area (Å²) >= 11 is 1.36. The smallest absolute Gasteiger partial charge is 0.234 e. The number of thioether (sulfide) groups is 1. The molecule has 4 aromatic rings. The predicted molar refractivity (Wildman–Crippen MR) is 125 cm³/mol. The molecule has 2 heterocycles. The van der Waals surface area contributed by atoms with Crippen molar-refractivity contribution in [1.82, 2.24) is 19.7 Å². The van der Waals surface area contributed by atoms with E-state index in [0.29, 0.717) is 11.0 Å². The zero-order valence-corrected chi connectivity index (χ0v) is 18.3. The summed E-state index contributed by atoms with van der Waals surface area (Å²) in [5.74, 6) is 0.842. The lowest BCUT2D eigenvalue weighted by molar-refractivity contribution is -0.113. The number of nitrogens with zero attached hydrogens (tertiary/aromatic N) is 4. The van der Waals surface area contributed by atoms with Crippen molar-refractivity contribution in [3.05, 3.63) is 84.2 Å². The van der Waals surface area contributed by atoms with Crippen LogP contribution in [0.25, 0.3) is 17.1 Å². The molecule has 0 fully saturated rings. The minimum atomic E-state index is -0.0829. The van der Waals surface area contributed by atoms with Gasteiger partial charge in [0.2, 0.25) is 5.91 Å². The van der Waals surface area contributed by atoms with Crippen molar-refractivity contribution in [3.63, 3.8) is 0 Å². The van der Waals surface area contributed by atoms with Crippen LogP contribution >= 0.6 is 11.8 Å². The molecule has 2 aromatic carbocycles. The van der Waals surface area contributed by atoms with Gasteiger partial charge in [0, 0.05) is 23.6 Å². The fourth-order valence-corrected chi connectivity index (χ4v) is 4.02. The van der Waals surface area contributed by atoms with E-state index in [2.05, 4.69) is 33.5 Å². The predicted octanol–water partition coefficient (Wildman–Crippen LogP) is 4.93. The number of nitrogens with one attached hydrogen (secondary N) is 1. The van der Waals surface area contributed by atoms with E-state index in [1.807, 2.05) is 66.1 Å². The van der Waals surface area contributed by atoms with Gasteiger partial charge in [-0.05, 0) is 54.8 Å². The fraction of sp³-hybridized carbons (Fsp3) is 0.167. The van der Waals surface area contributed by atoms with Crippen molar-refractivity contribution >= 4 is 23.4 Å². The Morgan fingerprint density at radius 3 is 2.71 bits per heavy atom. The molecule has 1 N–H and O–H groups in total. The highest BCUT2D eigenvalue weighted by Crippen LogP contribution is 2.29. The molecule has 0 radical (unpaired) electrons. The number of carbonyl (C=O) groups is 1. The summed E-state index contributed by atoms with van der Waals surface area (Å²) in [5.41, 5.74) is 4.93. The summed E-state index contributed by atoms with van der Waals surface area (Å²) in [6, 6.07) is 19.8. The second-order valence-corrected chi connectivity index (χ2v) is 8.00. The molecule has 156 valence electrons. The van der Waals surface area contributed by atoms with E-state index < -0.39 is 0 Å². The van der Waals surface area contributed by atoms with Crippen LogP contribution in [0.1, 0.15) is 18.1 Å². The molecule has 0 aliphatic carbocycles. The molecular weight excluding hydrogens is 406 g/mol. The Bertz CT molecular complexity index is 1190. The number of amides is 1. The zero-order chi connectivity index (χ0) is 21.6. The summed E-state index contributed by atoms with van der Waals surface area (Å²) < 4.78 is 1.99. The van der Waals surface area contributed by atoms with E-state index in [0.717, 1.165) is 28.9 Å². The molecule has 1 amide bonds. The third-order valence-electron chi connectivity index (χ3n) is 4.86. The minimum Gasteiger partial charge on any atom is -0.325 e. The number of rotatable bonds is 7. The van der Waals surface area contributed by atoms with Gasteiger partial charge in [-0.1, -0.05) is 49.0 Å². The van der Waals surface area contributed by atoms with Crippen molar-refractivity contribution < 1.29 is 4.79 Å². The second-order valence-electron chi connectivity index (χ2n) is 7.06. The highest BCUT2D eigenvalue weighted by atomic mass is 32.2. The standard InChI is InChI=1S/C24H23N5OS/c1-3-18-9-6-11-20(14-18)26-22(30)16-31-24-28-27-23(19-10-7-13-25-15-19)29(24)21-12-5-4-8-17(21)2/h4-15H,3,16H2,1-2H3,(H,26,30). The Labute approximate surface area is 185 Å². The number of hydrogen-bond acceptors (Lipinski definition) is 5. The topological polar surface area (TPSA) is 72.7 Å². The molecule has 6 nitrogen and oxygen atoms in total. The van der Waals surface area contributed by atoms with Crippen LogP contribution in [0.2, 0.25) is 0 Å². The molecule has 0 spiro atoms. The number of para-hydroxylation sites is 1. The number of anilines is 1. The number of pyridine rings is 1. The molecule has 0 atom stereocenters. The highest BCUT2D eigenvalue weighted by Gasteiger charge is 2.18. The van der Waals surface area contributed by atoms with Crippen molar-refractivity contribution in [2.45, 2.75) is 25.4 Å². The van der Waals surface area contributed by atoms with Crippen LogP contribution in [0.3, 0.4) is 0 Å².